The summed E-state index contributed by atoms with van der Waals surface area (Å²) in [7, 11) is -1.29. The van der Waals surface area contributed by atoms with Gasteiger partial charge in [-0.25, -0.2) is 23.0 Å². The highest BCUT2D eigenvalue weighted by Crippen LogP contribution is 2.44. The minimum Gasteiger partial charge on any atom is -0.444 e. The van der Waals surface area contributed by atoms with Gasteiger partial charge in [-0.15, -0.1) is 11.3 Å². The van der Waals surface area contributed by atoms with Crippen molar-refractivity contribution in [2.45, 2.75) is 147 Å². The Bertz CT molecular complexity index is 2300. The molecule has 0 spiro atoms. The Hall–Kier alpha value is -4.55. The van der Waals surface area contributed by atoms with Gasteiger partial charge >= 0.3 is 11.8 Å². The van der Waals surface area contributed by atoms with Crippen LogP contribution < -0.4 is 21.5 Å². The number of likely N-dealkylation sites (tertiary alicyclic amines) is 2. The van der Waals surface area contributed by atoms with Crippen LogP contribution in [0.4, 0.5) is 4.79 Å². The number of rotatable bonds is 14. The molecule has 4 amide bonds. The number of primary amides is 1. The number of carbonyl (C=O) groups excluding carboxylic acids is 4. The summed E-state index contributed by atoms with van der Waals surface area (Å²) in [6.07, 6.45) is 14.0. The first kappa shape index (κ1) is 50.4. The second-order valence-electron chi connectivity index (χ2n) is 19.1. The second-order valence-corrected chi connectivity index (χ2v) is 22.2. The second kappa shape index (κ2) is 21.6. The number of piperidine rings is 1. The van der Waals surface area contributed by atoms with Crippen molar-refractivity contribution >= 4 is 56.2 Å². The van der Waals surface area contributed by atoms with Crippen molar-refractivity contribution in [3.05, 3.63) is 51.9 Å². The number of sulfonamides is 1. The number of imidazole rings is 1. The number of aromatic nitrogens is 3. The lowest BCUT2D eigenvalue weighted by atomic mass is 9.94. The van der Waals surface area contributed by atoms with Crippen LogP contribution in [0.3, 0.4) is 0 Å². The van der Waals surface area contributed by atoms with Crippen LogP contribution in [0.1, 0.15) is 137 Å². The number of hydrogen-bond donors (Lipinski definition) is 4. The summed E-state index contributed by atoms with van der Waals surface area (Å²) in [5.74, 6) is -0.510. The molecule has 3 aromatic rings. The minimum atomic E-state index is -3.47. The Morgan fingerprint density at radius 2 is 1.80 bits per heavy atom. The lowest BCUT2D eigenvalue weighted by molar-refractivity contribution is -0.136. The number of nitrogens with zero attached hydrogens (tertiary/aromatic N) is 4. The van der Waals surface area contributed by atoms with E-state index in [-0.39, 0.29) is 41.9 Å². The zero-order chi connectivity index (χ0) is 47.0. The molecule has 2 saturated carbocycles. The summed E-state index contributed by atoms with van der Waals surface area (Å²) in [4.78, 5) is 70.4. The van der Waals surface area contributed by atoms with Gasteiger partial charge in [0.1, 0.15) is 23.2 Å². The maximum Gasteiger partial charge on any atom is 0.408 e. The van der Waals surface area contributed by atoms with Gasteiger partial charge in [-0.2, -0.15) is 0 Å². The zero-order valence-electron chi connectivity index (χ0n) is 38.9. The summed E-state index contributed by atoms with van der Waals surface area (Å²) < 4.78 is 32.3. The van der Waals surface area contributed by atoms with E-state index in [1.807, 2.05) is 30.5 Å². The van der Waals surface area contributed by atoms with Crippen LogP contribution in [-0.4, -0.2) is 106 Å². The van der Waals surface area contributed by atoms with E-state index < -0.39 is 38.4 Å². The molecule has 5 N–H and O–H groups in total. The van der Waals surface area contributed by atoms with Crippen LogP contribution in [0.25, 0.3) is 21.6 Å². The molecular formula is C46H70N8O8S2. The van der Waals surface area contributed by atoms with Crippen LogP contribution >= 0.6 is 11.3 Å². The zero-order valence-corrected chi connectivity index (χ0v) is 40.5. The number of amides is 4. The normalized spacial score (nSPS) is 20.9. The van der Waals surface area contributed by atoms with E-state index >= 15 is 0 Å². The third-order valence-electron chi connectivity index (χ3n) is 12.2. The van der Waals surface area contributed by atoms with Gasteiger partial charge in [-0.1, -0.05) is 38.0 Å². The summed E-state index contributed by atoms with van der Waals surface area (Å²) in [5.41, 5.74) is 8.63. The highest BCUT2D eigenvalue weighted by atomic mass is 32.2. The highest BCUT2D eigenvalue weighted by Gasteiger charge is 2.52. The molecule has 18 heteroatoms. The van der Waals surface area contributed by atoms with Gasteiger partial charge in [0.05, 0.1) is 21.5 Å². The number of ether oxygens (including phenoxy) is 1. The first-order valence-corrected chi connectivity index (χ1v) is 25.2. The molecule has 3 unspecified atom stereocenters. The maximum absolute atomic E-state index is 12.3. The third kappa shape index (κ3) is 13.5. The lowest BCUT2D eigenvalue weighted by Gasteiger charge is -2.27. The van der Waals surface area contributed by atoms with Crippen molar-refractivity contribution in [1.29, 1.82) is 0 Å². The van der Waals surface area contributed by atoms with Crippen molar-refractivity contribution < 1.29 is 32.3 Å². The van der Waals surface area contributed by atoms with Crippen molar-refractivity contribution in [1.82, 2.24) is 34.4 Å². The van der Waals surface area contributed by atoms with E-state index in [2.05, 4.69) is 57.5 Å². The molecule has 3 atom stereocenters. The van der Waals surface area contributed by atoms with E-state index in [1.54, 1.807) is 39.0 Å². The fraction of sp³-hybridized carbons (Fsp3) is 0.652. The van der Waals surface area contributed by atoms with E-state index in [4.69, 9.17) is 15.5 Å². The number of benzene rings is 1. The Kier molecular flexibility index (Phi) is 17.0. The average molecular weight is 927 g/mol. The molecular weight excluding hydrogens is 857 g/mol. The van der Waals surface area contributed by atoms with Gasteiger partial charge in [0.2, 0.25) is 27.7 Å². The number of para-hydroxylation sites is 1. The van der Waals surface area contributed by atoms with Crippen LogP contribution in [0, 0.1) is 11.8 Å². The predicted octanol–water partition coefficient (Wildman–Crippen LogP) is 6.59. The fourth-order valence-corrected chi connectivity index (χ4v) is 10.2. The first-order valence-electron chi connectivity index (χ1n) is 22.8. The van der Waals surface area contributed by atoms with E-state index in [9.17, 15) is 32.4 Å². The molecule has 0 bridgehead atoms. The number of unbranched alkanes of at least 4 members (excludes halogenated alkanes) is 3. The van der Waals surface area contributed by atoms with Gasteiger partial charge in [0.25, 0.3) is 0 Å². The molecule has 4 fully saturated rings. The van der Waals surface area contributed by atoms with Crippen molar-refractivity contribution in [3.8, 4) is 10.6 Å². The molecule has 7 rings (SSSR count). The quantitative estimate of drug-likeness (QED) is 0.100. The van der Waals surface area contributed by atoms with Gasteiger partial charge in [0, 0.05) is 35.4 Å². The number of fused-ring (bicyclic) bond motifs is 1. The Morgan fingerprint density at radius 1 is 1.09 bits per heavy atom. The number of nitrogens with two attached hydrogens (primary N) is 1. The Balaban J connectivity index is 0.000000183. The minimum absolute atomic E-state index is 0.0513. The smallest absolute Gasteiger partial charge is 0.408 e. The van der Waals surface area contributed by atoms with Gasteiger partial charge < -0.3 is 30.6 Å². The number of hydrogen-bond acceptors (Lipinski definition) is 11. The first-order chi connectivity index (χ1) is 30.1. The number of thiazole rings is 1. The summed E-state index contributed by atoms with van der Waals surface area (Å²) >= 11 is 1.68. The molecule has 2 aliphatic carbocycles. The van der Waals surface area contributed by atoms with Gasteiger partial charge in [0.15, 0.2) is 0 Å². The van der Waals surface area contributed by atoms with Gasteiger partial charge in [-0.3, -0.25) is 23.7 Å². The van der Waals surface area contributed by atoms with Crippen molar-refractivity contribution in [2.75, 3.05) is 33.2 Å². The van der Waals surface area contributed by atoms with E-state index in [0.29, 0.717) is 31.7 Å². The highest BCUT2D eigenvalue weighted by molar-refractivity contribution is 7.91. The number of allylic oxidation sites excluding steroid dienone is 2. The summed E-state index contributed by atoms with van der Waals surface area (Å²) in [5, 5.41) is 5.56. The molecule has 1 aromatic carbocycles. The van der Waals surface area contributed by atoms with E-state index in [1.165, 1.54) is 42.7 Å². The predicted molar refractivity (Wildman–Crippen MR) is 251 cm³/mol. The molecule has 2 aliphatic heterocycles. The SMILES string of the molecule is CC(C)(C)OC(=O)NCC(=O)N1CCCC1C(N)=O.CC(C)n1c(=O)[nH]c2c(-c3nc(C4CCN(C)CC4)cs3)cccc21.CCCCC/C=C\C1CC1C(=O)NS(=O)(=O)C1(C)CC1. The number of nitrogens with one attached hydrogen (secondary N) is 3. The van der Waals surface area contributed by atoms with Crippen LogP contribution in [-0.2, 0) is 29.1 Å². The van der Waals surface area contributed by atoms with Gasteiger partial charge in [-0.05, 0) is 138 Å². The van der Waals surface area contributed by atoms with Crippen LogP contribution in [0.15, 0.2) is 40.5 Å². The van der Waals surface area contributed by atoms with Crippen LogP contribution in [0.2, 0.25) is 0 Å². The average Bonchev–Trinajstić information content (AvgIpc) is 3.95. The molecule has 4 aliphatic rings. The summed E-state index contributed by atoms with van der Waals surface area (Å²) in [6.45, 7) is 15.7. The summed E-state index contributed by atoms with van der Waals surface area (Å²) in [6, 6.07) is 5.64. The molecule has 354 valence electrons. The van der Waals surface area contributed by atoms with Crippen LogP contribution in [0.5, 0.6) is 0 Å². The molecule has 0 radical (unpaired) electrons. The molecule has 64 heavy (non-hydrogen) atoms. The van der Waals surface area contributed by atoms with E-state index in [0.717, 1.165) is 54.0 Å². The Labute approximate surface area is 382 Å². The fourth-order valence-electron chi connectivity index (χ4n) is 7.95. The lowest BCUT2D eigenvalue weighted by Crippen LogP contribution is -2.48. The number of alkyl carbamates (subject to hydrolysis) is 1. The molecule has 4 heterocycles. The monoisotopic (exact) mass is 926 g/mol. The third-order valence-corrected chi connectivity index (χ3v) is 15.3. The number of carbonyl (C=O) groups is 4. The maximum atomic E-state index is 12.3. The largest absolute Gasteiger partial charge is 0.444 e. The van der Waals surface area contributed by atoms with Crippen molar-refractivity contribution in [3.63, 3.8) is 0 Å². The van der Waals surface area contributed by atoms with Crippen molar-refractivity contribution in [2.24, 2.45) is 17.6 Å². The topological polar surface area (TPSA) is 219 Å². The Morgan fingerprint density at radius 3 is 2.42 bits per heavy atom. The number of aromatic amines is 1. The number of H-pyrrole nitrogens is 1. The standard InChI is InChI=1S/C19H24N4OS.C15H25NO3S.C12H21N3O4/c1-12(2)23-16-6-4-5-14(17(16)21-19(23)24)18-20-15(11-25-18)13-7-9-22(3)10-8-13;1-3-4-5-6-7-8-12-11-13(12)14(17)16-20(18,19)15(2)9-10-15;1-12(2,3)19-11(18)14-7-9(16)15-6-4-5-8(15)10(13)17/h4-6,11-13H,7-10H2,1-3H3,(H,21,24);7-8,12-13H,3-6,9-11H2,1-2H3,(H,16,17);8H,4-7H2,1-3H3,(H2,13,17)(H,14,18)/b;8-7-;. The molecule has 2 aromatic heterocycles. The molecule has 2 saturated heterocycles. The molecule has 16 nitrogen and oxygen atoms in total.